The molecule has 0 bridgehead atoms. The number of benzene rings is 2. The number of hydrogen-bond acceptors (Lipinski definition) is 8. The van der Waals surface area contributed by atoms with Crippen molar-refractivity contribution in [3.8, 4) is 28.7 Å². The molecule has 1 aliphatic rings. The fraction of sp³-hybridized carbons (Fsp3) is 0.375. The van der Waals surface area contributed by atoms with Crippen LogP contribution >= 0.6 is 0 Å². The maximum atomic E-state index is 12.8. The lowest BCUT2D eigenvalue weighted by Gasteiger charge is -2.36. The molecule has 8 nitrogen and oxygen atoms in total. The van der Waals surface area contributed by atoms with E-state index in [1.54, 1.807) is 18.2 Å². The summed E-state index contributed by atoms with van der Waals surface area (Å²) in [7, 11) is 0. The van der Waals surface area contributed by atoms with E-state index < -0.39 is 5.60 Å². The molecular weight excluding hydrogens is 406 g/mol. The maximum absolute atomic E-state index is 12.8. The zero-order valence-electron chi connectivity index (χ0n) is 18.7. The van der Waals surface area contributed by atoms with Gasteiger partial charge in [-0.15, -0.1) is 10.2 Å². The average Bonchev–Trinajstić information content (AvgIpc) is 3.29. The SMILES string of the molecule is CCC1(CC)CC(=O)c2cc(-c3nnc(-c4ccc(NC(C)C)c(N=N)c4)o3)ccc2O1. The number of ether oxygens (including phenoxy) is 1. The Labute approximate surface area is 186 Å². The minimum Gasteiger partial charge on any atom is -0.486 e. The van der Waals surface area contributed by atoms with Crippen molar-refractivity contribution in [1.82, 2.24) is 10.2 Å². The molecule has 8 heteroatoms. The molecule has 2 heterocycles. The molecule has 1 aromatic heterocycles. The van der Waals surface area contributed by atoms with E-state index in [9.17, 15) is 4.79 Å². The van der Waals surface area contributed by atoms with Gasteiger partial charge in [0.1, 0.15) is 17.0 Å². The molecule has 4 rings (SSSR count). The Hall–Kier alpha value is -3.55. The van der Waals surface area contributed by atoms with E-state index in [4.69, 9.17) is 14.7 Å². The van der Waals surface area contributed by atoms with Gasteiger partial charge in [-0.2, -0.15) is 5.11 Å². The van der Waals surface area contributed by atoms with E-state index in [-0.39, 0.29) is 11.8 Å². The van der Waals surface area contributed by atoms with Gasteiger partial charge < -0.3 is 14.5 Å². The molecule has 2 aromatic carbocycles. The third-order valence-electron chi connectivity index (χ3n) is 5.86. The minimum atomic E-state index is -0.430. The number of aromatic nitrogens is 2. The van der Waals surface area contributed by atoms with Crippen LogP contribution in [-0.2, 0) is 0 Å². The minimum absolute atomic E-state index is 0.0616. The summed E-state index contributed by atoms with van der Waals surface area (Å²) in [4.78, 5) is 12.8. The fourth-order valence-corrected chi connectivity index (χ4v) is 3.92. The van der Waals surface area contributed by atoms with Crippen LogP contribution in [0.2, 0.25) is 0 Å². The van der Waals surface area contributed by atoms with Crippen LogP contribution in [0.5, 0.6) is 5.75 Å². The van der Waals surface area contributed by atoms with E-state index in [2.05, 4.69) is 20.6 Å². The Morgan fingerprint density at radius 2 is 1.75 bits per heavy atom. The van der Waals surface area contributed by atoms with Gasteiger partial charge in [0.25, 0.3) is 0 Å². The molecule has 0 spiro atoms. The number of anilines is 1. The molecule has 2 N–H and O–H groups in total. The highest BCUT2D eigenvalue weighted by Gasteiger charge is 2.37. The highest BCUT2D eigenvalue weighted by molar-refractivity contribution is 6.01. The second-order valence-corrected chi connectivity index (χ2v) is 8.36. The highest BCUT2D eigenvalue weighted by Crippen LogP contribution is 2.39. The number of nitrogens with zero attached hydrogens (tertiary/aromatic N) is 3. The fourth-order valence-electron chi connectivity index (χ4n) is 3.92. The van der Waals surface area contributed by atoms with Crippen LogP contribution in [0.25, 0.3) is 22.9 Å². The lowest BCUT2D eigenvalue weighted by Crippen LogP contribution is -2.40. The van der Waals surface area contributed by atoms with Crippen molar-refractivity contribution in [3.05, 3.63) is 42.0 Å². The van der Waals surface area contributed by atoms with Crippen LogP contribution < -0.4 is 10.1 Å². The zero-order chi connectivity index (χ0) is 22.9. The Balaban J connectivity index is 1.63. The lowest BCUT2D eigenvalue weighted by atomic mass is 9.85. The Kier molecular flexibility index (Phi) is 5.78. The smallest absolute Gasteiger partial charge is 0.248 e. The van der Waals surface area contributed by atoms with Gasteiger partial charge in [0.15, 0.2) is 5.78 Å². The van der Waals surface area contributed by atoms with E-state index in [1.165, 1.54) is 0 Å². The van der Waals surface area contributed by atoms with Crippen molar-refractivity contribution in [2.24, 2.45) is 5.11 Å². The summed E-state index contributed by atoms with van der Waals surface area (Å²) in [5, 5.41) is 15.2. The summed E-state index contributed by atoms with van der Waals surface area (Å²) in [6.07, 6.45) is 1.92. The zero-order valence-corrected chi connectivity index (χ0v) is 18.7. The van der Waals surface area contributed by atoms with Crippen molar-refractivity contribution in [2.75, 3.05) is 5.32 Å². The predicted octanol–water partition coefficient (Wildman–Crippen LogP) is 6.41. The molecule has 0 unspecified atom stereocenters. The van der Waals surface area contributed by atoms with Gasteiger partial charge in [-0.1, -0.05) is 13.8 Å². The summed E-state index contributed by atoms with van der Waals surface area (Å²) in [6, 6.07) is 11.0. The topological polar surface area (TPSA) is 113 Å². The lowest BCUT2D eigenvalue weighted by molar-refractivity contribution is 0.0350. The third-order valence-corrected chi connectivity index (χ3v) is 5.86. The number of carbonyl (C=O) groups is 1. The highest BCUT2D eigenvalue weighted by atomic mass is 16.5. The van der Waals surface area contributed by atoms with Gasteiger partial charge in [-0.05, 0) is 63.1 Å². The molecule has 0 saturated carbocycles. The van der Waals surface area contributed by atoms with Crippen molar-refractivity contribution in [3.63, 3.8) is 0 Å². The predicted molar refractivity (Wildman–Crippen MR) is 122 cm³/mol. The summed E-state index contributed by atoms with van der Waals surface area (Å²) in [5.74, 6) is 1.29. The number of carbonyl (C=O) groups excluding carboxylic acids is 1. The van der Waals surface area contributed by atoms with E-state index in [0.29, 0.717) is 46.3 Å². The number of rotatable bonds is 7. The van der Waals surface area contributed by atoms with Gasteiger partial charge in [-0.25, -0.2) is 5.53 Å². The van der Waals surface area contributed by atoms with Crippen LogP contribution in [0.1, 0.15) is 57.3 Å². The molecule has 1 aliphatic heterocycles. The summed E-state index contributed by atoms with van der Waals surface area (Å²) in [6.45, 7) is 8.12. The molecule has 0 radical (unpaired) electrons. The Morgan fingerprint density at radius 3 is 2.38 bits per heavy atom. The van der Waals surface area contributed by atoms with Crippen molar-refractivity contribution < 1.29 is 13.9 Å². The van der Waals surface area contributed by atoms with Crippen LogP contribution in [-0.4, -0.2) is 27.6 Å². The third kappa shape index (κ3) is 4.00. The maximum Gasteiger partial charge on any atom is 0.248 e. The second kappa shape index (κ2) is 8.53. The van der Waals surface area contributed by atoms with Gasteiger partial charge in [-0.3, -0.25) is 4.79 Å². The summed E-state index contributed by atoms with van der Waals surface area (Å²) in [5.41, 5.74) is 10.2. The number of fused-ring (bicyclic) bond motifs is 1. The van der Waals surface area contributed by atoms with E-state index >= 15 is 0 Å². The molecule has 0 amide bonds. The molecule has 166 valence electrons. The first-order chi connectivity index (χ1) is 15.4. The quantitative estimate of drug-likeness (QED) is 0.416. The van der Waals surface area contributed by atoms with Crippen LogP contribution in [0, 0.1) is 5.53 Å². The largest absolute Gasteiger partial charge is 0.486 e. The normalized spacial score (nSPS) is 14.7. The van der Waals surface area contributed by atoms with E-state index in [1.807, 2.05) is 45.9 Å². The van der Waals surface area contributed by atoms with E-state index in [0.717, 1.165) is 18.5 Å². The van der Waals surface area contributed by atoms with Crippen molar-refractivity contribution >= 4 is 17.2 Å². The second-order valence-electron chi connectivity index (χ2n) is 8.36. The van der Waals surface area contributed by atoms with Crippen molar-refractivity contribution in [1.29, 1.82) is 5.53 Å². The van der Waals surface area contributed by atoms with Gasteiger partial charge in [0.2, 0.25) is 11.8 Å². The standard InChI is InChI=1S/C24H27N5O3/c1-5-24(6-2)13-20(30)17-11-15(8-10-21(17)32-24)22-28-29-23(31-22)16-7-9-18(26-14(3)4)19(12-16)27-25/h7-12,14,25-26H,5-6,13H2,1-4H3. The first-order valence-corrected chi connectivity index (χ1v) is 10.9. The molecule has 0 aliphatic carbocycles. The van der Waals surface area contributed by atoms with Crippen molar-refractivity contribution in [2.45, 2.75) is 58.6 Å². The summed E-state index contributed by atoms with van der Waals surface area (Å²) >= 11 is 0. The number of nitrogens with one attached hydrogen (secondary N) is 2. The molecule has 0 saturated heterocycles. The first-order valence-electron chi connectivity index (χ1n) is 10.9. The first kappa shape index (κ1) is 21.7. The molecule has 0 fully saturated rings. The molecular formula is C24H27N5O3. The number of Topliss-reactive ketones (excluding diaryl/α,β-unsaturated/α-hetero) is 1. The average molecular weight is 434 g/mol. The molecule has 3 aromatic rings. The number of hydrogen-bond donors (Lipinski definition) is 2. The number of ketones is 1. The van der Waals surface area contributed by atoms with Crippen LogP contribution in [0.15, 0.2) is 45.9 Å². The van der Waals surface area contributed by atoms with Gasteiger partial charge in [0, 0.05) is 17.2 Å². The Morgan fingerprint density at radius 1 is 1.09 bits per heavy atom. The van der Waals surface area contributed by atoms with Crippen LogP contribution in [0.4, 0.5) is 11.4 Å². The van der Waals surface area contributed by atoms with Gasteiger partial charge in [0.05, 0.1) is 17.7 Å². The molecule has 0 atom stereocenters. The monoisotopic (exact) mass is 433 g/mol. The Bertz CT molecular complexity index is 1160. The van der Waals surface area contributed by atoms with Gasteiger partial charge >= 0.3 is 0 Å². The summed E-state index contributed by atoms with van der Waals surface area (Å²) < 4.78 is 12.1. The molecule has 32 heavy (non-hydrogen) atoms. The van der Waals surface area contributed by atoms with Crippen LogP contribution in [0.3, 0.4) is 0 Å².